The van der Waals surface area contributed by atoms with Gasteiger partial charge in [-0.05, 0) is 122 Å². The second-order valence-electron chi connectivity index (χ2n) is 16.8. The number of esters is 2. The molecular weight excluding hydrogens is 950 g/mol. The van der Waals surface area contributed by atoms with E-state index in [1.54, 1.807) is 35.8 Å². The fraction of sp³-hybridized carbons (Fsp3) is 0.308. The normalized spacial score (nSPS) is 16.7. The fourth-order valence-corrected chi connectivity index (χ4v) is 11.1. The number of hydrogen-bond acceptors (Lipinski definition) is 7. The first-order valence-electron chi connectivity index (χ1n) is 22.4. The van der Waals surface area contributed by atoms with Crippen molar-refractivity contribution in [1.82, 2.24) is 18.9 Å². The molecule has 2 aliphatic rings. The number of piperidine rings is 2. The van der Waals surface area contributed by atoms with E-state index in [1.807, 2.05) is 84.2 Å². The van der Waals surface area contributed by atoms with Gasteiger partial charge in [0, 0.05) is 108 Å². The zero-order valence-electron chi connectivity index (χ0n) is 37.6. The molecule has 4 aromatic carbocycles. The maximum atomic E-state index is 13.7. The van der Waals surface area contributed by atoms with Gasteiger partial charge in [0.15, 0.2) is 0 Å². The first-order chi connectivity index (χ1) is 32.3. The molecule has 2 saturated heterocycles. The fourth-order valence-electron chi connectivity index (χ4n) is 8.98. The van der Waals surface area contributed by atoms with Gasteiger partial charge in [0.1, 0.15) is 0 Å². The van der Waals surface area contributed by atoms with Crippen molar-refractivity contribution in [3.8, 4) is 22.3 Å². The Kier molecular flexibility index (Phi) is 15.1. The van der Waals surface area contributed by atoms with Crippen molar-refractivity contribution in [2.75, 3.05) is 39.4 Å². The Hall–Kier alpha value is -5.17. The van der Waals surface area contributed by atoms with E-state index in [0.29, 0.717) is 59.7 Å². The molecule has 0 spiro atoms. The molecule has 4 heterocycles. The Balaban J connectivity index is 1.18. The van der Waals surface area contributed by atoms with Crippen LogP contribution in [0, 0.1) is 11.8 Å². The van der Waals surface area contributed by atoms with Crippen molar-refractivity contribution in [2.24, 2.45) is 25.9 Å². The predicted molar refractivity (Wildman–Crippen MR) is 271 cm³/mol. The smallest absolute Gasteiger partial charge is 0.310 e. The molecule has 0 N–H and O–H groups in total. The number of carbonyl (C=O) groups is 4. The molecule has 348 valence electrons. The lowest BCUT2D eigenvalue weighted by molar-refractivity contribution is -0.152. The van der Waals surface area contributed by atoms with E-state index >= 15 is 0 Å². The molecule has 2 amide bonds. The number of aromatic nitrogens is 2. The first-order valence-corrected chi connectivity index (χ1v) is 24.7. The summed E-state index contributed by atoms with van der Waals surface area (Å²) in [7, 11) is 3.97. The van der Waals surface area contributed by atoms with E-state index in [9.17, 15) is 19.2 Å². The summed E-state index contributed by atoms with van der Waals surface area (Å²) in [5.74, 6) is -1.85. The van der Waals surface area contributed by atoms with Gasteiger partial charge < -0.3 is 28.4 Å². The average Bonchev–Trinajstić information content (AvgIpc) is 3.91. The predicted octanol–water partition coefficient (Wildman–Crippen LogP) is 12.4. The first kappa shape index (κ1) is 48.3. The molecule has 0 bridgehead atoms. The van der Waals surface area contributed by atoms with Gasteiger partial charge in [-0.3, -0.25) is 19.2 Å². The third kappa shape index (κ3) is 10.3. The van der Waals surface area contributed by atoms with E-state index in [0.717, 1.165) is 44.1 Å². The van der Waals surface area contributed by atoms with Gasteiger partial charge in [0.2, 0.25) is 11.8 Å². The van der Waals surface area contributed by atoms with E-state index in [-0.39, 0.29) is 82.0 Å². The molecular formula is C52H50Cl4N4O6S. The third-order valence-electron chi connectivity index (χ3n) is 12.5. The van der Waals surface area contributed by atoms with Crippen LogP contribution in [0.4, 0.5) is 0 Å². The van der Waals surface area contributed by atoms with Gasteiger partial charge in [-0.1, -0.05) is 70.3 Å². The van der Waals surface area contributed by atoms with Crippen molar-refractivity contribution in [3.63, 3.8) is 0 Å². The number of likely N-dealkylation sites (tertiary alicyclic amines) is 2. The van der Waals surface area contributed by atoms with Crippen LogP contribution in [0.1, 0.15) is 50.7 Å². The number of halogens is 4. The van der Waals surface area contributed by atoms with Crippen LogP contribution in [0.3, 0.4) is 0 Å². The number of carbonyl (C=O) groups excluding carboxylic acids is 4. The lowest BCUT2D eigenvalue weighted by atomic mass is 9.97. The van der Waals surface area contributed by atoms with Gasteiger partial charge in [-0.15, -0.1) is 0 Å². The average molecular weight is 1000 g/mol. The number of nitrogens with zero attached hydrogens (tertiary/aromatic N) is 4. The summed E-state index contributed by atoms with van der Waals surface area (Å²) in [6.07, 6.45) is 13.0. The molecule has 2 unspecified atom stereocenters. The molecule has 0 aliphatic carbocycles. The minimum atomic E-state index is -0.380. The number of aryl methyl sites for hydroxylation is 2. The minimum absolute atomic E-state index is 0.236. The van der Waals surface area contributed by atoms with Crippen LogP contribution in [0.2, 0.25) is 20.1 Å². The monoisotopic (exact) mass is 998 g/mol. The molecule has 6 aromatic rings. The third-order valence-corrected chi connectivity index (χ3v) is 15.6. The van der Waals surface area contributed by atoms with Crippen molar-refractivity contribution in [3.05, 3.63) is 116 Å². The van der Waals surface area contributed by atoms with Crippen molar-refractivity contribution >= 4 is 116 Å². The molecule has 0 radical (unpaired) electrons. The van der Waals surface area contributed by atoms with Gasteiger partial charge in [0.05, 0.1) is 45.1 Å². The maximum absolute atomic E-state index is 13.7. The van der Waals surface area contributed by atoms with E-state index in [4.69, 9.17) is 55.9 Å². The summed E-state index contributed by atoms with van der Waals surface area (Å²) in [6, 6.07) is 20.2. The Morgan fingerprint density at radius 2 is 1.03 bits per heavy atom. The van der Waals surface area contributed by atoms with Gasteiger partial charge in [-0.25, -0.2) is 0 Å². The number of rotatable bonds is 12. The van der Waals surface area contributed by atoms with E-state index < -0.39 is 0 Å². The van der Waals surface area contributed by atoms with Crippen LogP contribution in [-0.4, -0.2) is 82.1 Å². The van der Waals surface area contributed by atoms with Crippen molar-refractivity contribution in [2.45, 2.75) is 49.3 Å². The zero-order chi connectivity index (χ0) is 47.5. The zero-order valence-corrected chi connectivity index (χ0v) is 41.5. The Morgan fingerprint density at radius 3 is 1.43 bits per heavy atom. The summed E-state index contributed by atoms with van der Waals surface area (Å²) in [4.78, 5) is 57.1. The second kappa shape index (κ2) is 21.0. The number of ether oxygens (including phenoxy) is 2. The molecule has 2 aromatic heterocycles. The lowest BCUT2D eigenvalue weighted by Crippen LogP contribution is -2.42. The Bertz CT molecular complexity index is 2780. The largest absolute Gasteiger partial charge is 0.466 e. The van der Waals surface area contributed by atoms with Crippen molar-refractivity contribution in [1.29, 1.82) is 0 Å². The van der Waals surface area contributed by atoms with Crippen LogP contribution in [-0.2, 0) is 42.7 Å². The van der Waals surface area contributed by atoms with Crippen LogP contribution in [0.25, 0.3) is 56.2 Å². The van der Waals surface area contributed by atoms with Crippen LogP contribution >= 0.6 is 58.2 Å². The van der Waals surface area contributed by atoms with Crippen molar-refractivity contribution < 1.29 is 28.7 Å². The van der Waals surface area contributed by atoms with E-state index in [1.165, 1.54) is 23.9 Å². The molecule has 2 fully saturated rings. The number of fused-ring (bicyclic) bond motifs is 2. The number of amides is 2. The summed E-state index contributed by atoms with van der Waals surface area (Å²) >= 11 is 30.2. The SMILES string of the molecule is CCOC(=O)C1CCCN(C(=O)C=Cc2c(-c3ccc4c(ccn4C)c3)cc(Sc3cc(-c4ccc5c(ccn5C)c4)c(C=CC(=O)N4CCCC(C(=O)OCC)C4)c(Cl)c3Cl)c(Cl)c2Cl)C1. The van der Waals surface area contributed by atoms with Crippen LogP contribution < -0.4 is 0 Å². The van der Waals surface area contributed by atoms with E-state index in [2.05, 4.69) is 12.1 Å². The highest BCUT2D eigenvalue weighted by atomic mass is 35.5. The summed E-state index contributed by atoms with van der Waals surface area (Å²) in [6.45, 7) is 5.69. The molecule has 0 saturated carbocycles. The highest BCUT2D eigenvalue weighted by molar-refractivity contribution is 7.99. The Labute approximate surface area is 414 Å². The second-order valence-corrected chi connectivity index (χ2v) is 19.4. The Morgan fingerprint density at radius 1 is 0.612 bits per heavy atom. The van der Waals surface area contributed by atoms with Gasteiger partial charge >= 0.3 is 11.9 Å². The van der Waals surface area contributed by atoms with Crippen LogP contribution in [0.15, 0.2) is 95.0 Å². The number of hydrogen-bond donors (Lipinski definition) is 0. The molecule has 2 aliphatic heterocycles. The lowest BCUT2D eigenvalue weighted by Gasteiger charge is -2.30. The highest BCUT2D eigenvalue weighted by Gasteiger charge is 2.30. The minimum Gasteiger partial charge on any atom is -0.466 e. The standard InChI is InChI=1S/C52H50Cl4N4O6S/c1-5-65-51(63)35-9-7-21-59(29-35)45(61)17-13-37-39(31-11-15-41-33(25-31)19-23-57(41)3)27-43(49(55)47(37)53)67-44-28-40(32-12-16-42-34(26-32)20-24-58(42)4)38(48(54)50(44)56)14-18-46(62)60-22-8-10-36(30-60)52(64)66-6-2/h11-20,23-28,35-36H,5-10,21-22,29-30H2,1-4H3. The highest BCUT2D eigenvalue weighted by Crippen LogP contribution is 2.49. The van der Waals surface area contributed by atoms with Gasteiger partial charge in [-0.2, -0.15) is 0 Å². The summed E-state index contributed by atoms with van der Waals surface area (Å²) in [5, 5.41) is 3.00. The number of benzene rings is 4. The summed E-state index contributed by atoms with van der Waals surface area (Å²) < 4.78 is 14.6. The molecule has 8 rings (SSSR count). The topological polar surface area (TPSA) is 103 Å². The summed E-state index contributed by atoms with van der Waals surface area (Å²) in [5.41, 5.74) is 6.34. The van der Waals surface area contributed by atoms with Crippen LogP contribution in [0.5, 0.6) is 0 Å². The molecule has 67 heavy (non-hydrogen) atoms. The quantitative estimate of drug-likeness (QED) is 0.0888. The molecule has 15 heteroatoms. The van der Waals surface area contributed by atoms with Gasteiger partial charge in [0.25, 0.3) is 0 Å². The molecule has 2 atom stereocenters. The maximum Gasteiger partial charge on any atom is 0.310 e. The molecule has 10 nitrogen and oxygen atoms in total.